The second kappa shape index (κ2) is 8.15. The molecule has 1 aliphatic carbocycles. The minimum Gasteiger partial charge on any atom is -0.330 e. The Bertz CT molecular complexity index is 1110. The van der Waals surface area contributed by atoms with E-state index in [9.17, 15) is 17.6 Å². The molecule has 6 nitrogen and oxygen atoms in total. The Labute approximate surface area is 189 Å². The molecule has 1 N–H and O–H groups in total. The molecule has 32 heavy (non-hydrogen) atoms. The SMILES string of the molecule is CN(C)[C@]1(c2ccc(F)cc2)CC[C@@]2(CC1)CN(c1ccccc1CS(C)(=O)=O)C(=O)N2. The summed E-state index contributed by atoms with van der Waals surface area (Å²) in [6.45, 7) is 0.500. The molecular weight excluding hydrogens is 429 g/mol. The van der Waals surface area contributed by atoms with Crippen molar-refractivity contribution in [1.29, 1.82) is 0 Å². The van der Waals surface area contributed by atoms with Gasteiger partial charge in [-0.15, -0.1) is 0 Å². The number of rotatable bonds is 5. The highest BCUT2D eigenvalue weighted by molar-refractivity contribution is 7.89. The van der Waals surface area contributed by atoms with E-state index in [1.165, 1.54) is 18.4 Å². The molecule has 172 valence electrons. The predicted molar refractivity (Wildman–Crippen MR) is 124 cm³/mol. The van der Waals surface area contributed by atoms with Crippen molar-refractivity contribution in [2.24, 2.45) is 0 Å². The highest BCUT2D eigenvalue weighted by atomic mass is 32.2. The maximum atomic E-state index is 13.5. The Balaban J connectivity index is 1.57. The van der Waals surface area contributed by atoms with Crippen LogP contribution in [0.2, 0.25) is 0 Å². The van der Waals surface area contributed by atoms with Crippen LogP contribution in [0.3, 0.4) is 0 Å². The van der Waals surface area contributed by atoms with Crippen LogP contribution in [-0.2, 0) is 21.1 Å². The van der Waals surface area contributed by atoms with Crippen molar-refractivity contribution in [3.63, 3.8) is 0 Å². The molecule has 0 aromatic heterocycles. The van der Waals surface area contributed by atoms with E-state index in [2.05, 4.69) is 10.2 Å². The van der Waals surface area contributed by atoms with E-state index in [4.69, 9.17) is 0 Å². The number of urea groups is 1. The molecule has 2 amide bonds. The second-order valence-corrected chi connectivity index (χ2v) is 11.6. The lowest BCUT2D eigenvalue weighted by molar-refractivity contribution is 0.0657. The van der Waals surface area contributed by atoms with E-state index in [-0.39, 0.29) is 28.7 Å². The van der Waals surface area contributed by atoms with Gasteiger partial charge in [-0.3, -0.25) is 9.80 Å². The topological polar surface area (TPSA) is 69.7 Å². The van der Waals surface area contributed by atoms with E-state index < -0.39 is 9.84 Å². The molecule has 1 heterocycles. The van der Waals surface area contributed by atoms with Gasteiger partial charge in [0.2, 0.25) is 0 Å². The number of hydrogen-bond donors (Lipinski definition) is 1. The van der Waals surface area contributed by atoms with Crippen LogP contribution >= 0.6 is 0 Å². The molecule has 2 fully saturated rings. The maximum Gasteiger partial charge on any atom is 0.322 e. The van der Waals surface area contributed by atoms with Crippen LogP contribution in [0.4, 0.5) is 14.9 Å². The lowest BCUT2D eigenvalue weighted by Gasteiger charge is -2.48. The molecule has 0 radical (unpaired) electrons. The van der Waals surface area contributed by atoms with Gasteiger partial charge in [0.1, 0.15) is 5.82 Å². The summed E-state index contributed by atoms with van der Waals surface area (Å²) in [5, 5.41) is 3.20. The fourth-order valence-electron chi connectivity index (χ4n) is 5.26. The smallest absolute Gasteiger partial charge is 0.322 e. The van der Waals surface area contributed by atoms with Crippen molar-refractivity contribution in [2.45, 2.75) is 42.5 Å². The Kier molecular flexibility index (Phi) is 5.79. The predicted octanol–water partition coefficient (Wildman–Crippen LogP) is 3.67. The number of anilines is 1. The summed E-state index contributed by atoms with van der Waals surface area (Å²) >= 11 is 0. The number of carbonyl (C=O) groups is 1. The Hall–Kier alpha value is -2.45. The van der Waals surface area contributed by atoms with Gasteiger partial charge >= 0.3 is 6.03 Å². The number of para-hydroxylation sites is 1. The molecule has 4 rings (SSSR count). The van der Waals surface area contributed by atoms with Gasteiger partial charge < -0.3 is 5.32 Å². The van der Waals surface area contributed by atoms with Crippen LogP contribution in [0, 0.1) is 5.82 Å². The summed E-state index contributed by atoms with van der Waals surface area (Å²) in [4.78, 5) is 16.9. The summed E-state index contributed by atoms with van der Waals surface area (Å²) in [5.74, 6) is -0.352. The number of sulfone groups is 1. The van der Waals surface area contributed by atoms with Crippen molar-refractivity contribution in [1.82, 2.24) is 10.2 Å². The summed E-state index contributed by atoms with van der Waals surface area (Å²) in [5.41, 5.74) is 1.78. The van der Waals surface area contributed by atoms with Crippen LogP contribution < -0.4 is 10.2 Å². The van der Waals surface area contributed by atoms with Gasteiger partial charge in [-0.05, 0) is 69.1 Å². The van der Waals surface area contributed by atoms with Gasteiger partial charge in [0, 0.05) is 17.5 Å². The second-order valence-electron chi connectivity index (χ2n) is 9.43. The Morgan fingerprint density at radius 3 is 2.25 bits per heavy atom. The van der Waals surface area contributed by atoms with Crippen molar-refractivity contribution < 1.29 is 17.6 Å². The van der Waals surface area contributed by atoms with Crippen LogP contribution in [-0.4, -0.2) is 51.8 Å². The van der Waals surface area contributed by atoms with E-state index in [1.54, 1.807) is 17.0 Å². The van der Waals surface area contributed by atoms with Crippen LogP contribution in [0.1, 0.15) is 36.8 Å². The molecule has 2 aliphatic rings. The number of nitrogens with one attached hydrogen (secondary N) is 1. The number of nitrogens with zero attached hydrogens (tertiary/aromatic N) is 2. The summed E-state index contributed by atoms with van der Waals surface area (Å²) in [7, 11) is 0.859. The van der Waals surface area contributed by atoms with Gasteiger partial charge in [-0.2, -0.15) is 0 Å². The van der Waals surface area contributed by atoms with Gasteiger partial charge in [0.05, 0.1) is 17.8 Å². The number of benzene rings is 2. The minimum absolute atomic E-state index is 0.103. The zero-order chi connectivity index (χ0) is 23.1. The molecular formula is C24H30FN3O3S. The lowest BCUT2D eigenvalue weighted by atomic mass is 9.69. The van der Waals surface area contributed by atoms with Crippen LogP contribution in [0.15, 0.2) is 48.5 Å². The molecule has 1 saturated heterocycles. The first-order chi connectivity index (χ1) is 15.0. The van der Waals surface area contributed by atoms with Crippen molar-refractivity contribution >= 4 is 21.6 Å². The zero-order valence-corrected chi connectivity index (χ0v) is 19.6. The molecule has 8 heteroatoms. The molecule has 0 bridgehead atoms. The molecule has 2 aromatic rings. The highest BCUT2D eigenvalue weighted by Crippen LogP contribution is 2.46. The highest BCUT2D eigenvalue weighted by Gasteiger charge is 2.50. The van der Waals surface area contributed by atoms with E-state index in [0.29, 0.717) is 17.8 Å². The maximum absolute atomic E-state index is 13.5. The van der Waals surface area contributed by atoms with E-state index in [1.807, 2.05) is 38.4 Å². The summed E-state index contributed by atoms with van der Waals surface area (Å²) < 4.78 is 37.3. The average molecular weight is 460 g/mol. The first kappa shape index (κ1) is 22.7. The summed E-state index contributed by atoms with van der Waals surface area (Å²) in [6.07, 6.45) is 4.40. The Morgan fingerprint density at radius 2 is 1.66 bits per heavy atom. The number of hydrogen-bond acceptors (Lipinski definition) is 4. The van der Waals surface area contributed by atoms with Gasteiger partial charge in [-0.25, -0.2) is 17.6 Å². The number of carbonyl (C=O) groups excluding carboxylic acids is 1. The summed E-state index contributed by atoms with van der Waals surface area (Å²) in [6, 6.07) is 13.7. The van der Waals surface area contributed by atoms with Gasteiger partial charge in [-0.1, -0.05) is 30.3 Å². The van der Waals surface area contributed by atoms with Gasteiger partial charge in [0.25, 0.3) is 0 Å². The van der Waals surface area contributed by atoms with Crippen LogP contribution in [0.5, 0.6) is 0 Å². The molecule has 1 aliphatic heterocycles. The fraction of sp³-hybridized carbons (Fsp3) is 0.458. The van der Waals surface area contributed by atoms with Crippen molar-refractivity contribution in [3.8, 4) is 0 Å². The normalized spacial score (nSPS) is 26.0. The number of halogens is 1. The Morgan fingerprint density at radius 1 is 1.03 bits per heavy atom. The minimum atomic E-state index is -3.23. The van der Waals surface area contributed by atoms with Crippen molar-refractivity contribution in [2.75, 3.05) is 31.8 Å². The number of amides is 2. The first-order valence-electron chi connectivity index (χ1n) is 10.8. The quantitative estimate of drug-likeness (QED) is 0.741. The lowest BCUT2D eigenvalue weighted by Crippen LogP contribution is -2.54. The molecule has 1 spiro atoms. The average Bonchev–Trinajstić information content (AvgIpc) is 3.04. The molecule has 1 saturated carbocycles. The first-order valence-corrected chi connectivity index (χ1v) is 12.9. The third-order valence-electron chi connectivity index (χ3n) is 7.05. The third-order valence-corrected chi connectivity index (χ3v) is 7.89. The molecule has 0 unspecified atom stereocenters. The fourth-order valence-corrected chi connectivity index (χ4v) is 6.07. The largest absolute Gasteiger partial charge is 0.330 e. The third kappa shape index (κ3) is 4.26. The van der Waals surface area contributed by atoms with E-state index >= 15 is 0 Å². The zero-order valence-electron chi connectivity index (χ0n) is 18.8. The van der Waals surface area contributed by atoms with E-state index in [0.717, 1.165) is 31.2 Å². The molecule has 0 atom stereocenters. The molecule has 2 aromatic carbocycles. The van der Waals surface area contributed by atoms with Gasteiger partial charge in [0.15, 0.2) is 9.84 Å². The standard InChI is InChI=1S/C24H30FN3O3S/c1-27(2)24(19-8-10-20(25)11-9-19)14-12-23(13-15-24)17-28(22(29)26-23)21-7-5-4-6-18(21)16-32(3,30)31/h4-11H,12-17H2,1-3H3,(H,26,29)/t23-,24-. The monoisotopic (exact) mass is 459 g/mol. The van der Waals surface area contributed by atoms with Crippen molar-refractivity contribution in [3.05, 3.63) is 65.5 Å². The van der Waals surface area contributed by atoms with Crippen LogP contribution in [0.25, 0.3) is 0 Å².